The molecule has 4 heteroatoms. The molecule has 0 heterocycles. The molecule has 0 aromatic heterocycles. The summed E-state index contributed by atoms with van der Waals surface area (Å²) in [5.74, 6) is 0.826. The Morgan fingerprint density at radius 3 is 2.38 bits per heavy atom. The fraction of sp³-hybridized carbons (Fsp3) is 0.647. The highest BCUT2D eigenvalue weighted by Crippen LogP contribution is 2.13. The van der Waals surface area contributed by atoms with E-state index in [1.807, 2.05) is 24.3 Å². The molecule has 120 valence electrons. The molecule has 1 rings (SSSR count). The first-order chi connectivity index (χ1) is 9.93. The van der Waals surface area contributed by atoms with Gasteiger partial charge in [-0.15, -0.1) is 0 Å². The van der Waals surface area contributed by atoms with Crippen LogP contribution in [-0.2, 0) is 11.3 Å². The van der Waals surface area contributed by atoms with Crippen LogP contribution in [0.25, 0.3) is 0 Å². The van der Waals surface area contributed by atoms with Crippen molar-refractivity contribution < 1.29 is 19.5 Å². The molecule has 0 amide bonds. The number of ether oxygens (including phenoxy) is 2. The molecule has 0 fully saturated rings. The lowest BCUT2D eigenvalue weighted by Crippen LogP contribution is -3.18. The maximum absolute atomic E-state index is 10.1. The smallest absolute Gasteiger partial charge is 0.126 e. The summed E-state index contributed by atoms with van der Waals surface area (Å²) in [5.41, 5.74) is 1.05. The highest BCUT2D eigenvalue weighted by molar-refractivity contribution is 5.27. The molecule has 0 saturated heterocycles. The molecule has 0 radical (unpaired) electrons. The Hall–Kier alpha value is -1.10. The van der Waals surface area contributed by atoms with Crippen LogP contribution in [0.1, 0.15) is 33.3 Å². The molecule has 1 atom stereocenters. The van der Waals surface area contributed by atoms with Crippen molar-refractivity contribution in [2.45, 2.75) is 52.5 Å². The van der Waals surface area contributed by atoms with E-state index in [1.165, 1.54) is 4.90 Å². The third-order valence-corrected chi connectivity index (χ3v) is 3.67. The summed E-state index contributed by atoms with van der Waals surface area (Å²) in [5, 5.41) is 10.1. The Balaban J connectivity index is 2.37. The largest absolute Gasteiger partial charge is 0.497 e. The molecule has 0 unspecified atom stereocenters. The fourth-order valence-electron chi connectivity index (χ4n) is 2.54. The lowest BCUT2D eigenvalue weighted by atomic mass is 10.2. The molecular weight excluding hydrogens is 266 g/mol. The zero-order valence-electron chi connectivity index (χ0n) is 13.9. The first kappa shape index (κ1) is 18.0. The zero-order valence-corrected chi connectivity index (χ0v) is 13.9. The average Bonchev–Trinajstić information content (AvgIpc) is 2.44. The topological polar surface area (TPSA) is 43.1 Å². The van der Waals surface area contributed by atoms with Gasteiger partial charge in [-0.2, -0.15) is 0 Å². The van der Waals surface area contributed by atoms with Crippen molar-refractivity contribution in [3.63, 3.8) is 0 Å². The van der Waals surface area contributed by atoms with Crippen molar-refractivity contribution in [2.75, 3.05) is 20.3 Å². The van der Waals surface area contributed by atoms with E-state index >= 15 is 0 Å². The predicted octanol–water partition coefficient (Wildman–Crippen LogP) is 1.27. The molecule has 1 aromatic carbocycles. The van der Waals surface area contributed by atoms with Crippen LogP contribution >= 0.6 is 0 Å². The third-order valence-electron chi connectivity index (χ3n) is 3.67. The van der Waals surface area contributed by atoms with Gasteiger partial charge in [0.15, 0.2) is 0 Å². The van der Waals surface area contributed by atoms with E-state index < -0.39 is 6.10 Å². The lowest BCUT2D eigenvalue weighted by Gasteiger charge is -2.29. The summed E-state index contributed by atoms with van der Waals surface area (Å²) in [6.45, 7) is 10.3. The van der Waals surface area contributed by atoms with Gasteiger partial charge in [0.05, 0.1) is 32.4 Å². The fourth-order valence-corrected chi connectivity index (χ4v) is 2.54. The second-order valence-electron chi connectivity index (χ2n) is 6.11. The summed E-state index contributed by atoms with van der Waals surface area (Å²) < 4.78 is 10.8. The second-order valence-corrected chi connectivity index (χ2v) is 6.11. The van der Waals surface area contributed by atoms with Crippen LogP contribution in [0.5, 0.6) is 5.75 Å². The Kier molecular flexibility index (Phi) is 7.72. The molecule has 2 N–H and O–H groups in total. The maximum Gasteiger partial charge on any atom is 0.126 e. The zero-order chi connectivity index (χ0) is 15.8. The van der Waals surface area contributed by atoms with Crippen molar-refractivity contribution in [3.8, 4) is 5.75 Å². The Bertz CT molecular complexity index is 399. The van der Waals surface area contributed by atoms with Crippen molar-refractivity contribution in [1.29, 1.82) is 0 Å². The highest BCUT2D eigenvalue weighted by Gasteiger charge is 2.21. The van der Waals surface area contributed by atoms with Gasteiger partial charge in [-0.3, -0.25) is 0 Å². The molecule has 0 spiro atoms. The Labute approximate surface area is 128 Å². The van der Waals surface area contributed by atoms with E-state index in [0.717, 1.165) is 11.3 Å². The van der Waals surface area contributed by atoms with Gasteiger partial charge in [0.2, 0.25) is 0 Å². The number of hydrogen-bond donors (Lipinski definition) is 2. The predicted molar refractivity (Wildman–Crippen MR) is 84.8 cm³/mol. The van der Waals surface area contributed by atoms with Gasteiger partial charge in [0.25, 0.3) is 0 Å². The average molecular weight is 296 g/mol. The Morgan fingerprint density at radius 1 is 1.14 bits per heavy atom. The van der Waals surface area contributed by atoms with E-state index in [2.05, 4.69) is 27.7 Å². The normalized spacial score (nSPS) is 13.2. The van der Waals surface area contributed by atoms with Crippen molar-refractivity contribution in [1.82, 2.24) is 0 Å². The van der Waals surface area contributed by atoms with Gasteiger partial charge in [-0.05, 0) is 45.4 Å². The molecule has 4 nitrogen and oxygen atoms in total. The van der Waals surface area contributed by atoms with Crippen LogP contribution in [0, 0.1) is 0 Å². The molecule has 0 aliphatic heterocycles. The van der Waals surface area contributed by atoms with Gasteiger partial charge >= 0.3 is 0 Å². The maximum atomic E-state index is 10.1. The molecule has 0 aliphatic carbocycles. The van der Waals surface area contributed by atoms with Crippen LogP contribution in [0.15, 0.2) is 24.3 Å². The van der Waals surface area contributed by atoms with E-state index in [0.29, 0.717) is 31.8 Å². The highest BCUT2D eigenvalue weighted by atomic mass is 16.5. The van der Waals surface area contributed by atoms with E-state index in [-0.39, 0.29) is 0 Å². The van der Waals surface area contributed by atoms with Crippen LogP contribution < -0.4 is 9.64 Å². The first-order valence-corrected chi connectivity index (χ1v) is 7.68. The molecule has 1 aromatic rings. The van der Waals surface area contributed by atoms with Crippen molar-refractivity contribution in [2.24, 2.45) is 0 Å². The number of hydrogen-bond acceptors (Lipinski definition) is 3. The van der Waals surface area contributed by atoms with Gasteiger partial charge in [-0.25, -0.2) is 0 Å². The number of quaternary nitrogens is 1. The van der Waals surface area contributed by atoms with Gasteiger partial charge in [0.1, 0.15) is 18.4 Å². The van der Waals surface area contributed by atoms with E-state index in [4.69, 9.17) is 9.47 Å². The summed E-state index contributed by atoms with van der Waals surface area (Å²) in [4.78, 5) is 1.40. The van der Waals surface area contributed by atoms with Gasteiger partial charge < -0.3 is 19.5 Å². The van der Waals surface area contributed by atoms with Crippen LogP contribution in [0.2, 0.25) is 0 Å². The number of nitrogens with one attached hydrogen (secondary N) is 1. The summed E-state index contributed by atoms with van der Waals surface area (Å²) in [6.07, 6.45) is -0.435. The molecule has 0 bridgehead atoms. The number of benzene rings is 1. The minimum atomic E-state index is -0.435. The number of methoxy groups -OCH3 is 1. The minimum absolute atomic E-state index is 0.361. The lowest BCUT2D eigenvalue weighted by molar-refractivity contribution is -0.945. The molecule has 0 aliphatic rings. The second kappa shape index (κ2) is 9.03. The number of aliphatic hydroxyl groups excluding tert-OH is 1. The van der Waals surface area contributed by atoms with Gasteiger partial charge in [0, 0.05) is 0 Å². The monoisotopic (exact) mass is 296 g/mol. The quantitative estimate of drug-likeness (QED) is 0.721. The summed E-state index contributed by atoms with van der Waals surface area (Å²) >= 11 is 0. The first-order valence-electron chi connectivity index (χ1n) is 7.68. The molecule has 21 heavy (non-hydrogen) atoms. The number of rotatable bonds is 9. The van der Waals surface area contributed by atoms with E-state index in [1.54, 1.807) is 7.11 Å². The molecular formula is C17H30NO3+. The molecule has 0 saturated carbocycles. The van der Waals surface area contributed by atoms with Crippen molar-refractivity contribution >= 4 is 0 Å². The van der Waals surface area contributed by atoms with Crippen LogP contribution in [0.3, 0.4) is 0 Å². The van der Waals surface area contributed by atoms with Gasteiger partial charge in [-0.1, -0.05) is 12.1 Å². The van der Waals surface area contributed by atoms with E-state index in [9.17, 15) is 5.11 Å². The van der Waals surface area contributed by atoms with Crippen molar-refractivity contribution in [3.05, 3.63) is 29.8 Å². The minimum Gasteiger partial charge on any atom is -0.497 e. The SMILES string of the molecule is COc1cccc(COC[C@H](O)C[NH+](C(C)C)C(C)C)c1. The third kappa shape index (κ3) is 6.46. The summed E-state index contributed by atoms with van der Waals surface area (Å²) in [6, 6.07) is 8.79. The number of aliphatic hydroxyl groups is 1. The van der Waals surface area contributed by atoms with Crippen LogP contribution in [0.4, 0.5) is 0 Å². The Morgan fingerprint density at radius 2 is 1.81 bits per heavy atom. The van der Waals surface area contributed by atoms with Crippen LogP contribution in [-0.4, -0.2) is 43.6 Å². The standard InChI is InChI=1S/C17H29NO3/c1-13(2)18(14(3)4)10-16(19)12-21-11-15-7-6-8-17(9-15)20-5/h6-9,13-14,16,19H,10-12H2,1-5H3/p+1/t16-/m1/s1. The summed E-state index contributed by atoms with van der Waals surface area (Å²) in [7, 11) is 1.65.